The van der Waals surface area contributed by atoms with Crippen LogP contribution in [0.4, 0.5) is 0 Å². The number of aromatic hydroxyl groups is 1. The number of carbonyl (C=O) groups excluding carboxylic acids is 1. The van der Waals surface area contributed by atoms with Gasteiger partial charge in [0.1, 0.15) is 11.8 Å². The Bertz CT molecular complexity index is 1100. The topological polar surface area (TPSA) is 85.8 Å². The summed E-state index contributed by atoms with van der Waals surface area (Å²) in [6.07, 6.45) is 1.98. The van der Waals surface area contributed by atoms with Gasteiger partial charge in [-0.25, -0.2) is 16.3 Å². The van der Waals surface area contributed by atoms with E-state index in [-0.39, 0.29) is 17.7 Å². The number of fused-ring (bicyclic) bond motifs is 1. The van der Waals surface area contributed by atoms with E-state index in [0.29, 0.717) is 22.0 Å². The summed E-state index contributed by atoms with van der Waals surface area (Å²) < 4.78 is 0. The number of rotatable bonds is 4. The van der Waals surface area contributed by atoms with Gasteiger partial charge in [0.2, 0.25) is 0 Å². The molecule has 4 rings (SSSR count). The van der Waals surface area contributed by atoms with Crippen LogP contribution in [0.2, 0.25) is 10.0 Å². The lowest BCUT2D eigenvalue weighted by atomic mass is 10.0. The molecule has 0 bridgehead atoms. The highest BCUT2D eigenvalue weighted by Gasteiger charge is 2.30. The second-order valence-corrected chi connectivity index (χ2v) is 7.57. The molecule has 1 fully saturated rings. The monoisotopic (exact) mass is 428 g/mol. The lowest BCUT2D eigenvalue weighted by Crippen LogP contribution is -2.41. The Balaban J connectivity index is 1.42. The van der Waals surface area contributed by atoms with Gasteiger partial charge in [0.15, 0.2) is 0 Å². The van der Waals surface area contributed by atoms with Gasteiger partial charge in [-0.3, -0.25) is 4.79 Å². The molecule has 0 aliphatic carbocycles. The molecule has 1 amide bonds. The van der Waals surface area contributed by atoms with E-state index in [1.54, 1.807) is 18.2 Å². The van der Waals surface area contributed by atoms with Gasteiger partial charge in [0, 0.05) is 11.6 Å². The second-order valence-electron chi connectivity index (χ2n) is 6.76. The van der Waals surface area contributed by atoms with E-state index < -0.39 is 6.04 Å². The highest BCUT2D eigenvalue weighted by atomic mass is 35.5. The van der Waals surface area contributed by atoms with Crippen molar-refractivity contribution in [1.82, 2.24) is 16.3 Å². The molecule has 0 aromatic heterocycles. The van der Waals surface area contributed by atoms with Gasteiger partial charge in [0.25, 0.3) is 5.91 Å². The normalized spacial score (nSPS) is 19.1. The molecule has 1 aliphatic heterocycles. The smallest absolute Gasteiger partial charge is 0.258 e. The van der Waals surface area contributed by atoms with Crippen LogP contribution < -0.4 is 16.3 Å². The van der Waals surface area contributed by atoms with Crippen LogP contribution in [0.1, 0.15) is 23.6 Å². The Morgan fingerprint density at radius 3 is 2.76 bits per heavy atom. The first kappa shape index (κ1) is 19.7. The molecule has 8 heteroatoms. The van der Waals surface area contributed by atoms with Crippen molar-refractivity contribution in [2.45, 2.75) is 18.5 Å². The summed E-state index contributed by atoms with van der Waals surface area (Å²) in [5, 5.41) is 17.0. The molecule has 1 aliphatic rings. The lowest BCUT2D eigenvalue weighted by Gasteiger charge is -2.10. The third kappa shape index (κ3) is 4.21. The van der Waals surface area contributed by atoms with E-state index >= 15 is 0 Å². The van der Waals surface area contributed by atoms with Crippen LogP contribution in [-0.4, -0.2) is 23.3 Å². The quantitative estimate of drug-likeness (QED) is 0.374. The Hall–Kier alpha value is -2.64. The predicted octanol–water partition coefficient (Wildman–Crippen LogP) is 3.91. The maximum absolute atomic E-state index is 12.4. The number of hydrazine groups is 1. The summed E-state index contributed by atoms with van der Waals surface area (Å²) in [6.45, 7) is 0. The Morgan fingerprint density at radius 1 is 1.10 bits per heavy atom. The average Bonchev–Trinajstić information content (AvgIpc) is 3.22. The van der Waals surface area contributed by atoms with Crippen LogP contribution in [0, 0.1) is 0 Å². The van der Waals surface area contributed by atoms with Crippen molar-refractivity contribution in [2.24, 2.45) is 5.10 Å². The van der Waals surface area contributed by atoms with E-state index in [2.05, 4.69) is 21.4 Å². The van der Waals surface area contributed by atoms with E-state index in [1.165, 1.54) is 6.21 Å². The van der Waals surface area contributed by atoms with Gasteiger partial charge >= 0.3 is 0 Å². The van der Waals surface area contributed by atoms with Crippen molar-refractivity contribution in [3.05, 3.63) is 75.8 Å². The zero-order chi connectivity index (χ0) is 20.4. The van der Waals surface area contributed by atoms with Crippen LogP contribution in [-0.2, 0) is 4.79 Å². The van der Waals surface area contributed by atoms with E-state index in [1.807, 2.05) is 36.4 Å². The van der Waals surface area contributed by atoms with Crippen molar-refractivity contribution in [2.75, 3.05) is 0 Å². The third-order valence-electron chi connectivity index (χ3n) is 4.88. The number of halogens is 2. The largest absolute Gasteiger partial charge is 0.507 e. The average molecular weight is 429 g/mol. The van der Waals surface area contributed by atoms with Gasteiger partial charge < -0.3 is 5.11 Å². The Labute approximate surface area is 177 Å². The van der Waals surface area contributed by atoms with Gasteiger partial charge in [-0.15, -0.1) is 0 Å². The summed E-state index contributed by atoms with van der Waals surface area (Å²) in [6, 6.07) is 15.9. The van der Waals surface area contributed by atoms with E-state index in [4.69, 9.17) is 23.2 Å². The first-order valence-electron chi connectivity index (χ1n) is 9.02. The number of nitrogens with zero attached hydrogens (tertiary/aromatic N) is 1. The summed E-state index contributed by atoms with van der Waals surface area (Å²) in [4.78, 5) is 12.4. The third-order valence-corrected chi connectivity index (χ3v) is 5.62. The number of phenolic OH excluding ortho intramolecular Hbond substituents is 1. The van der Waals surface area contributed by atoms with Gasteiger partial charge in [-0.05, 0) is 41.0 Å². The van der Waals surface area contributed by atoms with Gasteiger partial charge in [-0.2, -0.15) is 5.10 Å². The minimum atomic E-state index is -0.465. The van der Waals surface area contributed by atoms with Crippen molar-refractivity contribution in [1.29, 1.82) is 0 Å². The van der Waals surface area contributed by atoms with Crippen molar-refractivity contribution >= 4 is 46.1 Å². The zero-order valence-electron chi connectivity index (χ0n) is 15.2. The molecule has 0 spiro atoms. The number of hydrogen-bond donors (Lipinski definition) is 4. The van der Waals surface area contributed by atoms with Crippen molar-refractivity contribution in [3.63, 3.8) is 0 Å². The number of amides is 1. The molecule has 2 unspecified atom stereocenters. The first-order valence-corrected chi connectivity index (χ1v) is 9.78. The zero-order valence-corrected chi connectivity index (χ0v) is 16.7. The molecule has 29 heavy (non-hydrogen) atoms. The van der Waals surface area contributed by atoms with Crippen LogP contribution in [0.3, 0.4) is 0 Å². The molecule has 1 saturated heterocycles. The molecule has 6 nitrogen and oxygen atoms in total. The van der Waals surface area contributed by atoms with Crippen molar-refractivity contribution < 1.29 is 9.90 Å². The second kappa shape index (κ2) is 8.39. The predicted molar refractivity (Wildman–Crippen MR) is 115 cm³/mol. The lowest BCUT2D eigenvalue weighted by molar-refractivity contribution is -0.122. The molecular formula is C21H18Cl2N4O2. The molecule has 3 aromatic rings. The standard InChI is InChI=1S/C21H18Cl2N4O2/c22-16-7-5-13(9-17(16)23)18-10-19(26-25-18)21(29)27-24-11-15-14-4-2-1-3-12(14)6-8-20(15)28/h1-9,11,18-19,25-26,28H,10H2,(H,27,29)/b24-11+. The molecule has 0 saturated carbocycles. The number of benzene rings is 3. The summed E-state index contributed by atoms with van der Waals surface area (Å²) in [5.74, 6) is -0.182. The van der Waals surface area contributed by atoms with Crippen LogP contribution in [0.15, 0.2) is 59.7 Å². The highest BCUT2D eigenvalue weighted by Crippen LogP contribution is 2.29. The van der Waals surface area contributed by atoms with E-state index in [9.17, 15) is 9.90 Å². The molecule has 3 aromatic carbocycles. The SMILES string of the molecule is O=C(N/N=C/c1c(O)ccc2ccccc12)C1CC(c2ccc(Cl)c(Cl)c2)NN1. The minimum absolute atomic E-state index is 0.0772. The number of carbonyl (C=O) groups is 1. The molecule has 2 atom stereocenters. The highest BCUT2D eigenvalue weighted by molar-refractivity contribution is 6.42. The fourth-order valence-electron chi connectivity index (χ4n) is 3.33. The van der Waals surface area contributed by atoms with Gasteiger partial charge in [-0.1, -0.05) is 59.6 Å². The molecular weight excluding hydrogens is 411 g/mol. The Kier molecular flexibility index (Phi) is 5.69. The maximum atomic E-state index is 12.4. The Morgan fingerprint density at radius 2 is 1.93 bits per heavy atom. The fourth-order valence-corrected chi connectivity index (χ4v) is 3.64. The van der Waals surface area contributed by atoms with Crippen LogP contribution in [0.25, 0.3) is 10.8 Å². The summed E-state index contributed by atoms with van der Waals surface area (Å²) in [7, 11) is 0. The van der Waals surface area contributed by atoms with Gasteiger partial charge in [0.05, 0.1) is 16.3 Å². The summed E-state index contributed by atoms with van der Waals surface area (Å²) >= 11 is 12.0. The molecule has 148 valence electrons. The number of phenols is 1. The summed E-state index contributed by atoms with van der Waals surface area (Å²) in [5.41, 5.74) is 10.1. The van der Waals surface area contributed by atoms with Crippen molar-refractivity contribution in [3.8, 4) is 5.75 Å². The van der Waals surface area contributed by atoms with E-state index in [0.717, 1.165) is 16.3 Å². The molecule has 1 heterocycles. The minimum Gasteiger partial charge on any atom is -0.507 e. The first-order chi connectivity index (χ1) is 14.0. The number of nitrogens with one attached hydrogen (secondary N) is 3. The number of hydrazone groups is 1. The molecule has 4 N–H and O–H groups in total. The fraction of sp³-hybridized carbons (Fsp3) is 0.143. The van der Waals surface area contributed by atoms with Crippen LogP contribution >= 0.6 is 23.2 Å². The molecule has 0 radical (unpaired) electrons. The maximum Gasteiger partial charge on any atom is 0.258 e. The number of hydrogen-bond acceptors (Lipinski definition) is 5. The van der Waals surface area contributed by atoms with Crippen LogP contribution in [0.5, 0.6) is 5.75 Å².